The molecule has 2 heterocycles. The van der Waals surface area contributed by atoms with Crippen LogP contribution in [0.4, 0.5) is 5.69 Å². The molecule has 1 atom stereocenters. The Balaban J connectivity index is 1.90. The van der Waals surface area contributed by atoms with E-state index in [1.54, 1.807) is 6.20 Å². The quantitative estimate of drug-likeness (QED) is 0.668. The van der Waals surface area contributed by atoms with Crippen LogP contribution in [0.5, 0.6) is 0 Å². The summed E-state index contributed by atoms with van der Waals surface area (Å²) in [5.74, 6) is -0.529. The summed E-state index contributed by atoms with van der Waals surface area (Å²) in [6.45, 7) is 0.885. The second-order valence-corrected chi connectivity index (χ2v) is 4.38. The van der Waals surface area contributed by atoms with Gasteiger partial charge in [0.15, 0.2) is 0 Å². The van der Waals surface area contributed by atoms with Crippen LogP contribution in [0, 0.1) is 0 Å². The number of anilines is 1. The maximum Gasteiger partial charge on any atom is 0.241 e. The third kappa shape index (κ3) is 3.30. The molecule has 1 aliphatic rings. The van der Waals surface area contributed by atoms with Gasteiger partial charge in [-0.25, -0.2) is 0 Å². The van der Waals surface area contributed by atoms with Crippen LogP contribution < -0.4 is 16.4 Å². The zero-order chi connectivity index (χ0) is 13.0. The van der Waals surface area contributed by atoms with E-state index in [1.165, 1.54) is 10.9 Å². The van der Waals surface area contributed by atoms with E-state index in [9.17, 15) is 9.59 Å². The number of nitrogens with two attached hydrogens (primary N) is 1. The van der Waals surface area contributed by atoms with Crippen LogP contribution in [-0.4, -0.2) is 34.2 Å². The van der Waals surface area contributed by atoms with Crippen LogP contribution in [-0.2, 0) is 16.1 Å². The number of carbonyl (C=O) groups excluding carboxylic acids is 2. The smallest absolute Gasteiger partial charge is 0.241 e. The van der Waals surface area contributed by atoms with Crippen molar-refractivity contribution in [1.29, 1.82) is 0 Å². The molecular formula is C11H17N5O2. The number of hydrogen-bond donors (Lipinski definition) is 3. The highest BCUT2D eigenvalue weighted by atomic mass is 16.2. The summed E-state index contributed by atoms with van der Waals surface area (Å²) in [4.78, 5) is 22.6. The molecule has 0 unspecified atom stereocenters. The monoisotopic (exact) mass is 251 g/mol. The van der Waals surface area contributed by atoms with Gasteiger partial charge in [-0.1, -0.05) is 6.42 Å². The number of nitrogens with zero attached hydrogens (tertiary/aromatic N) is 2. The highest BCUT2D eigenvalue weighted by Gasteiger charge is 2.20. The molecule has 1 saturated heterocycles. The van der Waals surface area contributed by atoms with E-state index in [2.05, 4.69) is 15.7 Å². The summed E-state index contributed by atoms with van der Waals surface area (Å²) in [7, 11) is 0. The van der Waals surface area contributed by atoms with Crippen LogP contribution in [0.15, 0.2) is 12.4 Å². The molecule has 98 valence electrons. The van der Waals surface area contributed by atoms with E-state index in [0.717, 1.165) is 25.8 Å². The van der Waals surface area contributed by atoms with Crippen molar-refractivity contribution in [3.63, 3.8) is 0 Å². The molecule has 18 heavy (non-hydrogen) atoms. The summed E-state index contributed by atoms with van der Waals surface area (Å²) in [5, 5.41) is 9.87. The highest BCUT2D eigenvalue weighted by Crippen LogP contribution is 2.10. The van der Waals surface area contributed by atoms with Crippen molar-refractivity contribution in [3.05, 3.63) is 12.4 Å². The average molecular weight is 251 g/mol. The van der Waals surface area contributed by atoms with Gasteiger partial charge in [0.05, 0.1) is 17.9 Å². The summed E-state index contributed by atoms with van der Waals surface area (Å²) < 4.78 is 1.40. The van der Waals surface area contributed by atoms with Gasteiger partial charge in [0.1, 0.15) is 6.54 Å². The first-order valence-electron chi connectivity index (χ1n) is 6.00. The normalized spacial score (nSPS) is 19.4. The molecule has 1 fully saturated rings. The Morgan fingerprint density at radius 3 is 3.06 bits per heavy atom. The summed E-state index contributed by atoms with van der Waals surface area (Å²) in [6, 6.07) is -0.141. The molecule has 7 nitrogen and oxygen atoms in total. The largest absolute Gasteiger partial charge is 0.368 e. The minimum Gasteiger partial charge on any atom is -0.368 e. The lowest BCUT2D eigenvalue weighted by atomic mass is 10.0. The van der Waals surface area contributed by atoms with Gasteiger partial charge in [0, 0.05) is 6.20 Å². The molecule has 1 aliphatic heterocycles. The first-order chi connectivity index (χ1) is 8.65. The van der Waals surface area contributed by atoms with Crippen LogP contribution >= 0.6 is 0 Å². The van der Waals surface area contributed by atoms with E-state index in [0.29, 0.717) is 5.69 Å². The number of piperidine rings is 1. The number of aromatic nitrogens is 2. The highest BCUT2D eigenvalue weighted by molar-refractivity contribution is 5.94. The Morgan fingerprint density at radius 2 is 2.39 bits per heavy atom. The van der Waals surface area contributed by atoms with Gasteiger partial charge in [0.25, 0.3) is 0 Å². The molecule has 0 aromatic carbocycles. The maximum absolute atomic E-state index is 11.9. The van der Waals surface area contributed by atoms with Crippen molar-refractivity contribution in [2.75, 3.05) is 11.9 Å². The van der Waals surface area contributed by atoms with Crippen molar-refractivity contribution < 1.29 is 9.59 Å². The van der Waals surface area contributed by atoms with Gasteiger partial charge in [0.2, 0.25) is 11.8 Å². The topological polar surface area (TPSA) is 102 Å². The SMILES string of the molecule is NC(=O)Cn1cc(NC(=O)[C@@H]2CCCCN2)cn1. The van der Waals surface area contributed by atoms with E-state index < -0.39 is 5.91 Å². The first-order valence-corrected chi connectivity index (χ1v) is 6.00. The van der Waals surface area contributed by atoms with Crippen molar-refractivity contribution in [1.82, 2.24) is 15.1 Å². The van der Waals surface area contributed by atoms with Gasteiger partial charge in [-0.3, -0.25) is 14.3 Å². The molecule has 1 aromatic heterocycles. The molecule has 0 radical (unpaired) electrons. The number of nitrogens with one attached hydrogen (secondary N) is 2. The minimum atomic E-state index is -0.468. The van der Waals surface area contributed by atoms with Gasteiger partial charge in [-0.05, 0) is 19.4 Å². The Hall–Kier alpha value is -1.89. The standard InChI is InChI=1S/C11H17N5O2/c12-10(17)7-16-6-8(5-14-16)15-11(18)9-3-1-2-4-13-9/h5-6,9,13H,1-4,7H2,(H2,12,17)(H,15,18)/t9-/m0/s1. The number of hydrogen-bond acceptors (Lipinski definition) is 4. The molecule has 7 heteroatoms. The van der Waals surface area contributed by atoms with E-state index >= 15 is 0 Å². The zero-order valence-corrected chi connectivity index (χ0v) is 10.1. The molecule has 1 aromatic rings. The molecule has 4 N–H and O–H groups in total. The molecule has 0 saturated carbocycles. The zero-order valence-electron chi connectivity index (χ0n) is 10.1. The Labute approximate surface area is 105 Å². The second-order valence-electron chi connectivity index (χ2n) is 4.38. The summed E-state index contributed by atoms with van der Waals surface area (Å²) in [5.41, 5.74) is 5.63. The lowest BCUT2D eigenvalue weighted by Crippen LogP contribution is -2.43. The number of rotatable bonds is 4. The molecule has 0 bridgehead atoms. The summed E-state index contributed by atoms with van der Waals surface area (Å²) >= 11 is 0. The Morgan fingerprint density at radius 1 is 1.56 bits per heavy atom. The van der Waals surface area contributed by atoms with Crippen molar-refractivity contribution >= 4 is 17.5 Å². The molecule has 2 rings (SSSR count). The lowest BCUT2D eigenvalue weighted by molar-refractivity contribution is -0.119. The fourth-order valence-corrected chi connectivity index (χ4v) is 1.98. The first kappa shape index (κ1) is 12.6. The maximum atomic E-state index is 11.9. The molecule has 2 amide bonds. The Kier molecular flexibility index (Phi) is 3.93. The molecule has 0 aliphatic carbocycles. The van der Waals surface area contributed by atoms with Crippen LogP contribution in [0.2, 0.25) is 0 Å². The fraction of sp³-hybridized carbons (Fsp3) is 0.545. The number of carbonyl (C=O) groups is 2. The van der Waals surface area contributed by atoms with Crippen molar-refractivity contribution in [2.24, 2.45) is 5.73 Å². The lowest BCUT2D eigenvalue weighted by Gasteiger charge is -2.22. The van der Waals surface area contributed by atoms with E-state index in [4.69, 9.17) is 5.73 Å². The predicted molar refractivity (Wildman–Crippen MR) is 65.7 cm³/mol. The molecular weight excluding hydrogens is 234 g/mol. The van der Waals surface area contributed by atoms with E-state index in [-0.39, 0.29) is 18.5 Å². The van der Waals surface area contributed by atoms with Crippen LogP contribution in [0.3, 0.4) is 0 Å². The van der Waals surface area contributed by atoms with Crippen molar-refractivity contribution in [2.45, 2.75) is 31.8 Å². The van der Waals surface area contributed by atoms with Gasteiger partial charge in [-0.2, -0.15) is 5.10 Å². The average Bonchev–Trinajstić information content (AvgIpc) is 2.76. The van der Waals surface area contributed by atoms with Crippen LogP contribution in [0.25, 0.3) is 0 Å². The summed E-state index contributed by atoms with van der Waals surface area (Å²) in [6.07, 6.45) is 6.11. The second kappa shape index (κ2) is 5.63. The Bertz CT molecular complexity index is 436. The minimum absolute atomic E-state index is 0.0115. The van der Waals surface area contributed by atoms with Gasteiger partial charge in [-0.15, -0.1) is 0 Å². The number of amides is 2. The van der Waals surface area contributed by atoms with Gasteiger partial charge >= 0.3 is 0 Å². The van der Waals surface area contributed by atoms with E-state index in [1.807, 2.05) is 0 Å². The third-order valence-corrected chi connectivity index (χ3v) is 2.85. The third-order valence-electron chi connectivity index (χ3n) is 2.85. The van der Waals surface area contributed by atoms with Crippen molar-refractivity contribution in [3.8, 4) is 0 Å². The fourth-order valence-electron chi connectivity index (χ4n) is 1.98. The molecule has 0 spiro atoms. The van der Waals surface area contributed by atoms with Crippen LogP contribution in [0.1, 0.15) is 19.3 Å². The predicted octanol–water partition coefficient (Wildman–Crippen LogP) is -0.551. The van der Waals surface area contributed by atoms with Gasteiger partial charge < -0.3 is 16.4 Å². The number of primary amides is 1.